The first-order valence-electron chi connectivity index (χ1n) is 8.88. The maximum atomic E-state index is 13.3. The van der Waals surface area contributed by atoms with Crippen LogP contribution in [0.25, 0.3) is 0 Å². The third kappa shape index (κ3) is 3.06. The summed E-state index contributed by atoms with van der Waals surface area (Å²) in [5, 5.41) is 10.2. The van der Waals surface area contributed by atoms with Gasteiger partial charge < -0.3 is 19.3 Å². The van der Waals surface area contributed by atoms with Crippen LogP contribution in [0.5, 0.6) is 17.2 Å². The van der Waals surface area contributed by atoms with Crippen LogP contribution in [-0.4, -0.2) is 37.8 Å². The molecule has 0 fully saturated rings. The van der Waals surface area contributed by atoms with Crippen LogP contribution in [0.4, 0.5) is 10.1 Å². The lowest BCUT2D eigenvalue weighted by Gasteiger charge is -2.32. The highest BCUT2D eigenvalue weighted by atomic mass is 19.1. The van der Waals surface area contributed by atoms with Gasteiger partial charge in [0, 0.05) is 18.0 Å². The number of cyclic esters (lactones) is 1. The Kier molecular flexibility index (Phi) is 4.62. The van der Waals surface area contributed by atoms with E-state index in [1.54, 1.807) is 12.1 Å². The van der Waals surface area contributed by atoms with Gasteiger partial charge in [0.25, 0.3) is 0 Å². The van der Waals surface area contributed by atoms with E-state index in [-0.39, 0.29) is 36.2 Å². The molecular weight excluding hydrogens is 381 g/mol. The van der Waals surface area contributed by atoms with Crippen molar-refractivity contribution in [2.24, 2.45) is 0 Å². The Bertz CT molecular complexity index is 1000. The molecule has 0 spiro atoms. The van der Waals surface area contributed by atoms with Crippen LogP contribution in [0.3, 0.4) is 0 Å². The van der Waals surface area contributed by atoms with Crippen molar-refractivity contribution in [2.75, 3.05) is 25.7 Å². The Hall–Kier alpha value is -3.55. The van der Waals surface area contributed by atoms with Gasteiger partial charge in [-0.05, 0) is 42.0 Å². The number of ether oxygens (including phenoxy) is 3. The molecule has 1 atom stereocenters. The second kappa shape index (κ2) is 7.12. The molecule has 2 aliphatic heterocycles. The van der Waals surface area contributed by atoms with E-state index in [0.717, 1.165) is 0 Å². The smallest absolute Gasteiger partial charge is 0.336 e. The van der Waals surface area contributed by atoms with Crippen LogP contribution in [-0.2, 0) is 14.3 Å². The molecule has 150 valence electrons. The van der Waals surface area contributed by atoms with E-state index in [4.69, 9.17) is 14.2 Å². The van der Waals surface area contributed by atoms with Gasteiger partial charge in [0.15, 0.2) is 11.5 Å². The molecule has 0 saturated carbocycles. The number of hydrogen-bond donors (Lipinski definition) is 1. The minimum Gasteiger partial charge on any atom is -0.502 e. The SMILES string of the molecule is COc1cc([C@H]2CC(=O)N(c3ccc(F)cc3)C3=C2C(=O)OC3)cc(OC)c1O. The average Bonchev–Trinajstić information content (AvgIpc) is 3.10. The predicted molar refractivity (Wildman–Crippen MR) is 100 cm³/mol. The summed E-state index contributed by atoms with van der Waals surface area (Å²) in [6.45, 7) is -0.0554. The van der Waals surface area contributed by atoms with Crippen molar-refractivity contribution in [1.29, 1.82) is 0 Å². The number of carbonyl (C=O) groups is 2. The third-order valence-corrected chi connectivity index (χ3v) is 5.11. The number of nitrogens with zero attached hydrogens (tertiary/aromatic N) is 1. The molecule has 0 aliphatic carbocycles. The van der Waals surface area contributed by atoms with Crippen LogP contribution in [0.1, 0.15) is 17.9 Å². The number of methoxy groups -OCH3 is 2. The van der Waals surface area contributed by atoms with Gasteiger partial charge >= 0.3 is 5.97 Å². The number of esters is 1. The highest BCUT2D eigenvalue weighted by Crippen LogP contribution is 2.46. The number of phenolic OH excluding ortho intramolecular Hbond substituents is 1. The fourth-order valence-electron chi connectivity index (χ4n) is 3.74. The molecule has 7 nitrogen and oxygen atoms in total. The largest absolute Gasteiger partial charge is 0.502 e. The van der Waals surface area contributed by atoms with Gasteiger partial charge in [-0.25, -0.2) is 9.18 Å². The summed E-state index contributed by atoms with van der Waals surface area (Å²) in [6, 6.07) is 8.60. The molecule has 1 N–H and O–H groups in total. The molecule has 0 bridgehead atoms. The molecule has 0 aromatic heterocycles. The van der Waals surface area contributed by atoms with Gasteiger partial charge in [-0.2, -0.15) is 0 Å². The number of amides is 1. The summed E-state index contributed by atoms with van der Waals surface area (Å²) in [7, 11) is 2.80. The zero-order valence-corrected chi connectivity index (χ0v) is 15.8. The summed E-state index contributed by atoms with van der Waals surface area (Å²) >= 11 is 0. The molecule has 0 unspecified atom stereocenters. The molecule has 2 aliphatic rings. The fraction of sp³-hybridized carbons (Fsp3) is 0.238. The van der Waals surface area contributed by atoms with Gasteiger partial charge in [-0.3, -0.25) is 9.69 Å². The Labute approximate surface area is 165 Å². The zero-order valence-electron chi connectivity index (χ0n) is 15.8. The summed E-state index contributed by atoms with van der Waals surface area (Å²) in [6.07, 6.45) is -0.0115. The molecule has 0 radical (unpaired) electrons. The third-order valence-electron chi connectivity index (χ3n) is 5.11. The average molecular weight is 399 g/mol. The van der Waals surface area contributed by atoms with Crippen molar-refractivity contribution < 1.29 is 33.3 Å². The lowest BCUT2D eigenvalue weighted by Crippen LogP contribution is -2.37. The molecule has 2 aromatic rings. The van der Waals surface area contributed by atoms with E-state index < -0.39 is 17.7 Å². The van der Waals surface area contributed by atoms with Gasteiger partial charge in [0.05, 0.1) is 25.5 Å². The molecule has 4 rings (SSSR count). The highest BCUT2D eigenvalue weighted by Gasteiger charge is 2.43. The van der Waals surface area contributed by atoms with Crippen molar-refractivity contribution in [3.8, 4) is 17.2 Å². The standard InChI is InChI=1S/C21H18FNO6/c1-27-16-7-11(8-17(28-2)20(16)25)14-9-18(24)23(13-5-3-12(22)4-6-13)15-10-29-21(26)19(14)15/h3-8,14,25H,9-10H2,1-2H3/t14-/m1/s1. The number of hydrogen-bond acceptors (Lipinski definition) is 6. The van der Waals surface area contributed by atoms with E-state index in [1.165, 1.54) is 43.4 Å². The number of phenols is 1. The minimum absolute atomic E-state index is 0.0115. The van der Waals surface area contributed by atoms with Gasteiger partial charge in [0.2, 0.25) is 11.7 Å². The first-order chi connectivity index (χ1) is 13.9. The molecule has 8 heteroatoms. The Morgan fingerprint density at radius 3 is 2.31 bits per heavy atom. The lowest BCUT2D eigenvalue weighted by atomic mass is 9.83. The number of aromatic hydroxyl groups is 1. The fourth-order valence-corrected chi connectivity index (χ4v) is 3.74. The Balaban J connectivity index is 1.84. The van der Waals surface area contributed by atoms with E-state index in [1.807, 2.05) is 0 Å². The minimum atomic E-state index is -0.590. The van der Waals surface area contributed by atoms with Gasteiger partial charge in [0.1, 0.15) is 12.4 Å². The Morgan fingerprint density at radius 2 is 1.72 bits per heavy atom. The van der Waals surface area contributed by atoms with Gasteiger partial charge in [-0.1, -0.05) is 0 Å². The summed E-state index contributed by atoms with van der Waals surface area (Å²) in [5.74, 6) is -1.63. The van der Waals surface area contributed by atoms with Crippen molar-refractivity contribution in [2.45, 2.75) is 12.3 Å². The first kappa shape index (κ1) is 18.8. The van der Waals surface area contributed by atoms with Crippen molar-refractivity contribution in [3.05, 3.63) is 59.0 Å². The van der Waals surface area contributed by atoms with Crippen molar-refractivity contribution in [3.63, 3.8) is 0 Å². The second-order valence-corrected chi connectivity index (χ2v) is 6.67. The predicted octanol–water partition coefficient (Wildman–Crippen LogP) is 2.88. The molecular formula is C21H18FNO6. The van der Waals surface area contributed by atoms with Crippen LogP contribution in [0.15, 0.2) is 47.7 Å². The second-order valence-electron chi connectivity index (χ2n) is 6.67. The summed E-state index contributed by atoms with van der Waals surface area (Å²) < 4.78 is 28.9. The van der Waals surface area contributed by atoms with E-state index in [0.29, 0.717) is 22.5 Å². The van der Waals surface area contributed by atoms with E-state index >= 15 is 0 Å². The maximum Gasteiger partial charge on any atom is 0.336 e. The Morgan fingerprint density at radius 1 is 1.10 bits per heavy atom. The molecule has 29 heavy (non-hydrogen) atoms. The van der Waals surface area contributed by atoms with E-state index in [2.05, 4.69) is 0 Å². The molecule has 0 saturated heterocycles. The molecule has 1 amide bonds. The van der Waals surface area contributed by atoms with Crippen molar-refractivity contribution >= 4 is 17.6 Å². The van der Waals surface area contributed by atoms with Crippen molar-refractivity contribution in [1.82, 2.24) is 0 Å². The first-order valence-corrected chi connectivity index (χ1v) is 8.88. The summed E-state index contributed by atoms with van der Waals surface area (Å²) in [5.41, 5.74) is 1.81. The van der Waals surface area contributed by atoms with Crippen LogP contribution in [0.2, 0.25) is 0 Å². The number of benzene rings is 2. The summed E-state index contributed by atoms with van der Waals surface area (Å²) in [4.78, 5) is 26.9. The number of rotatable bonds is 4. The zero-order chi connectivity index (χ0) is 20.7. The van der Waals surface area contributed by atoms with Crippen LogP contribution in [0, 0.1) is 5.82 Å². The highest BCUT2D eigenvalue weighted by molar-refractivity contribution is 6.06. The van der Waals surface area contributed by atoms with Crippen LogP contribution < -0.4 is 14.4 Å². The maximum absolute atomic E-state index is 13.3. The van der Waals surface area contributed by atoms with Gasteiger partial charge in [-0.15, -0.1) is 0 Å². The monoisotopic (exact) mass is 399 g/mol. The lowest BCUT2D eigenvalue weighted by molar-refractivity contribution is -0.136. The topological polar surface area (TPSA) is 85.3 Å². The number of halogens is 1. The van der Waals surface area contributed by atoms with E-state index in [9.17, 15) is 19.1 Å². The number of anilines is 1. The molecule has 2 aromatic carbocycles. The normalized spacial score (nSPS) is 18.6. The van der Waals surface area contributed by atoms with Crippen LogP contribution >= 0.6 is 0 Å². The quantitative estimate of drug-likeness (QED) is 0.796. The number of carbonyl (C=O) groups excluding carboxylic acids is 2. The molecule has 2 heterocycles.